The number of esters is 1. The molecule has 0 saturated heterocycles. The molecule has 0 fully saturated rings. The van der Waals surface area contributed by atoms with E-state index in [4.69, 9.17) is 10.5 Å². The Morgan fingerprint density at radius 3 is 2.74 bits per heavy atom. The van der Waals surface area contributed by atoms with E-state index >= 15 is 0 Å². The first kappa shape index (κ1) is 19.8. The van der Waals surface area contributed by atoms with E-state index in [1.807, 2.05) is 5.43 Å². The molecule has 27 heavy (non-hydrogen) atoms. The lowest BCUT2D eigenvalue weighted by atomic mass is 9.92. The second kappa shape index (κ2) is 8.21. The fourth-order valence-corrected chi connectivity index (χ4v) is 2.69. The molecule has 6 N–H and O–H groups in total. The molecule has 10 heteroatoms. The summed E-state index contributed by atoms with van der Waals surface area (Å²) in [4.78, 5) is 35.0. The number of allylic oxidation sites excluding steroid dienone is 1. The van der Waals surface area contributed by atoms with Crippen LogP contribution in [0.5, 0.6) is 5.75 Å². The quantitative estimate of drug-likeness (QED) is 0.294. The summed E-state index contributed by atoms with van der Waals surface area (Å²) in [5.41, 5.74) is 8.89. The van der Waals surface area contributed by atoms with Gasteiger partial charge in [0.1, 0.15) is 5.75 Å². The number of amides is 4. The number of benzene rings is 1. The average Bonchev–Trinajstić information content (AvgIpc) is 2.57. The van der Waals surface area contributed by atoms with Crippen molar-refractivity contribution in [3.63, 3.8) is 0 Å². The maximum absolute atomic E-state index is 12.4. The van der Waals surface area contributed by atoms with Gasteiger partial charge in [-0.1, -0.05) is 0 Å². The Balaban J connectivity index is 2.50. The van der Waals surface area contributed by atoms with Gasteiger partial charge in [-0.05, 0) is 44.0 Å². The zero-order valence-corrected chi connectivity index (χ0v) is 15.1. The van der Waals surface area contributed by atoms with Crippen LogP contribution < -0.4 is 21.8 Å². The zero-order valence-electron chi connectivity index (χ0n) is 15.1. The van der Waals surface area contributed by atoms with Crippen LogP contribution >= 0.6 is 0 Å². The van der Waals surface area contributed by atoms with Gasteiger partial charge in [-0.25, -0.2) is 19.8 Å². The van der Waals surface area contributed by atoms with Crippen LogP contribution in [0.2, 0.25) is 0 Å². The Morgan fingerprint density at radius 2 is 2.11 bits per heavy atom. The summed E-state index contributed by atoms with van der Waals surface area (Å²) in [6.07, 6.45) is 1.21. The van der Waals surface area contributed by atoms with Crippen molar-refractivity contribution < 1.29 is 24.2 Å². The molecule has 4 amide bonds. The van der Waals surface area contributed by atoms with Crippen LogP contribution in [0.3, 0.4) is 0 Å². The number of rotatable bonds is 5. The molecule has 0 saturated carbocycles. The highest BCUT2D eigenvalue weighted by atomic mass is 16.5. The topological polar surface area (TPSA) is 155 Å². The molecule has 1 aromatic carbocycles. The molecular weight excluding hydrogens is 354 g/mol. The van der Waals surface area contributed by atoms with Crippen molar-refractivity contribution in [3.8, 4) is 5.75 Å². The van der Waals surface area contributed by atoms with E-state index in [1.54, 1.807) is 26.8 Å². The van der Waals surface area contributed by atoms with E-state index in [-0.39, 0.29) is 23.5 Å². The number of phenols is 1. The molecule has 0 spiro atoms. The van der Waals surface area contributed by atoms with Crippen LogP contribution in [0.25, 0.3) is 0 Å². The number of nitrogens with zero attached hydrogens (tertiary/aromatic N) is 1. The molecule has 0 aromatic heterocycles. The second-order valence-corrected chi connectivity index (χ2v) is 5.80. The number of phenolic OH excluding ortho intramolecular Hbond substituents is 1. The third kappa shape index (κ3) is 4.54. The monoisotopic (exact) mass is 375 g/mol. The number of aryl methyl sites for hydroxylation is 1. The summed E-state index contributed by atoms with van der Waals surface area (Å²) in [5, 5.41) is 19.1. The first-order valence-electron chi connectivity index (χ1n) is 8.12. The maximum atomic E-state index is 12.4. The fourth-order valence-electron chi connectivity index (χ4n) is 2.69. The molecule has 0 aliphatic carbocycles. The molecule has 1 aliphatic heterocycles. The highest BCUT2D eigenvalue weighted by Gasteiger charge is 2.32. The molecule has 0 bridgehead atoms. The predicted octanol–water partition coefficient (Wildman–Crippen LogP) is 0.894. The predicted molar refractivity (Wildman–Crippen MR) is 96.9 cm³/mol. The normalized spacial score (nSPS) is 16.7. The van der Waals surface area contributed by atoms with Gasteiger partial charge in [-0.2, -0.15) is 5.10 Å². The summed E-state index contributed by atoms with van der Waals surface area (Å²) >= 11 is 0. The van der Waals surface area contributed by atoms with E-state index in [9.17, 15) is 19.5 Å². The Bertz CT molecular complexity index is 846. The number of primary amides is 1. The van der Waals surface area contributed by atoms with Crippen molar-refractivity contribution in [2.45, 2.75) is 26.8 Å². The van der Waals surface area contributed by atoms with Crippen molar-refractivity contribution in [2.75, 3.05) is 6.61 Å². The van der Waals surface area contributed by atoms with E-state index in [0.29, 0.717) is 16.8 Å². The van der Waals surface area contributed by atoms with Crippen LogP contribution in [0.1, 0.15) is 36.6 Å². The molecule has 1 heterocycles. The number of nitrogens with two attached hydrogens (primary N) is 1. The van der Waals surface area contributed by atoms with Gasteiger partial charge in [0.2, 0.25) is 0 Å². The SMILES string of the molecule is CCOC(=O)C1=C(C)NC(=O)NC1c1cc(C)c(O)c(/C=N/NC(N)=O)c1. The van der Waals surface area contributed by atoms with Gasteiger partial charge in [0.05, 0.1) is 24.4 Å². The van der Waals surface area contributed by atoms with Gasteiger partial charge < -0.3 is 26.2 Å². The van der Waals surface area contributed by atoms with Gasteiger partial charge in [0, 0.05) is 11.3 Å². The first-order valence-corrected chi connectivity index (χ1v) is 8.12. The van der Waals surface area contributed by atoms with Gasteiger partial charge in [-0.3, -0.25) is 0 Å². The Morgan fingerprint density at radius 1 is 1.41 bits per heavy atom. The Labute approximate surface area is 155 Å². The molecular formula is C17H21N5O5. The van der Waals surface area contributed by atoms with Crippen LogP contribution in [-0.4, -0.2) is 36.0 Å². The van der Waals surface area contributed by atoms with Crippen molar-refractivity contribution in [3.05, 3.63) is 40.1 Å². The van der Waals surface area contributed by atoms with Crippen molar-refractivity contribution in [1.29, 1.82) is 0 Å². The fraction of sp³-hybridized carbons (Fsp3) is 0.294. The summed E-state index contributed by atoms with van der Waals surface area (Å²) in [6, 6.07) is 1.07. The van der Waals surface area contributed by atoms with Crippen LogP contribution in [0.4, 0.5) is 9.59 Å². The number of carbonyl (C=O) groups excluding carboxylic acids is 3. The molecule has 1 atom stereocenters. The third-order valence-electron chi connectivity index (χ3n) is 3.83. The van der Waals surface area contributed by atoms with Crippen LogP contribution in [0.15, 0.2) is 28.5 Å². The average molecular weight is 375 g/mol. The van der Waals surface area contributed by atoms with Crippen LogP contribution in [0, 0.1) is 6.92 Å². The highest BCUT2D eigenvalue weighted by molar-refractivity contribution is 5.95. The second-order valence-electron chi connectivity index (χ2n) is 5.80. The van der Waals surface area contributed by atoms with Gasteiger partial charge in [-0.15, -0.1) is 0 Å². The summed E-state index contributed by atoms with van der Waals surface area (Å²) in [7, 11) is 0. The summed E-state index contributed by atoms with van der Waals surface area (Å²) in [5.74, 6) is -0.628. The number of hydrogen-bond acceptors (Lipinski definition) is 6. The van der Waals surface area contributed by atoms with Gasteiger partial charge in [0.15, 0.2) is 0 Å². The van der Waals surface area contributed by atoms with Crippen molar-refractivity contribution >= 4 is 24.2 Å². The van der Waals surface area contributed by atoms with E-state index in [0.717, 1.165) is 0 Å². The molecule has 1 unspecified atom stereocenters. The minimum atomic E-state index is -0.854. The number of nitrogens with one attached hydrogen (secondary N) is 3. The molecule has 2 rings (SSSR count). The lowest BCUT2D eigenvalue weighted by Crippen LogP contribution is -2.45. The van der Waals surface area contributed by atoms with Crippen molar-refractivity contribution in [1.82, 2.24) is 16.1 Å². The summed E-state index contributed by atoms with van der Waals surface area (Å²) in [6.45, 7) is 5.12. The zero-order chi connectivity index (χ0) is 20.1. The third-order valence-corrected chi connectivity index (χ3v) is 3.83. The molecule has 10 nitrogen and oxygen atoms in total. The van der Waals surface area contributed by atoms with E-state index in [1.165, 1.54) is 12.3 Å². The first-order chi connectivity index (χ1) is 12.7. The maximum Gasteiger partial charge on any atom is 0.338 e. The standard InChI is InChI=1S/C17H21N5O5/c1-4-27-15(24)12-9(3)20-17(26)21-13(12)10-5-8(2)14(23)11(6-10)7-19-22-16(18)25/h5-7,13,23H,4H2,1-3H3,(H3,18,22,25)(H2,20,21,26)/b19-7+. The Hall–Kier alpha value is -3.56. The highest BCUT2D eigenvalue weighted by Crippen LogP contribution is 2.32. The largest absolute Gasteiger partial charge is 0.507 e. The lowest BCUT2D eigenvalue weighted by Gasteiger charge is -2.28. The Kier molecular flexibility index (Phi) is 6.01. The summed E-state index contributed by atoms with van der Waals surface area (Å²) < 4.78 is 5.09. The van der Waals surface area contributed by atoms with Gasteiger partial charge in [0.25, 0.3) is 0 Å². The van der Waals surface area contributed by atoms with Gasteiger partial charge >= 0.3 is 18.0 Å². The molecule has 144 valence electrons. The minimum absolute atomic E-state index is 0.0626. The molecule has 0 radical (unpaired) electrons. The van der Waals surface area contributed by atoms with E-state index in [2.05, 4.69) is 15.7 Å². The number of ether oxygens (including phenoxy) is 1. The number of carbonyl (C=O) groups is 3. The van der Waals surface area contributed by atoms with E-state index < -0.39 is 24.1 Å². The van der Waals surface area contributed by atoms with Crippen LogP contribution in [-0.2, 0) is 9.53 Å². The number of aromatic hydroxyl groups is 1. The number of hydrogen-bond donors (Lipinski definition) is 5. The smallest absolute Gasteiger partial charge is 0.338 e. The molecule has 1 aliphatic rings. The van der Waals surface area contributed by atoms with Crippen molar-refractivity contribution in [2.24, 2.45) is 10.8 Å². The molecule has 1 aromatic rings. The number of hydrazone groups is 1. The number of urea groups is 2. The minimum Gasteiger partial charge on any atom is -0.507 e. The lowest BCUT2D eigenvalue weighted by molar-refractivity contribution is -0.139.